The van der Waals surface area contributed by atoms with Gasteiger partial charge in [-0.1, -0.05) is 0 Å². The van der Waals surface area contributed by atoms with E-state index in [0.717, 1.165) is 5.69 Å². The van der Waals surface area contributed by atoms with Crippen LogP contribution in [0.2, 0.25) is 0 Å². The van der Waals surface area contributed by atoms with E-state index in [9.17, 15) is 9.59 Å². The molecular weight excluding hydrogens is 218 g/mol. The van der Waals surface area contributed by atoms with Gasteiger partial charge in [0.25, 0.3) is 5.56 Å². The van der Waals surface area contributed by atoms with Crippen LogP contribution in [0.5, 0.6) is 0 Å². The third-order valence-corrected chi connectivity index (χ3v) is 2.27. The first-order valence-corrected chi connectivity index (χ1v) is 5.00. The average Bonchev–Trinajstić information content (AvgIpc) is 2.69. The van der Waals surface area contributed by atoms with Crippen molar-refractivity contribution >= 4 is 17.2 Å². The van der Waals surface area contributed by atoms with Crippen molar-refractivity contribution in [3.8, 4) is 0 Å². The summed E-state index contributed by atoms with van der Waals surface area (Å²) < 4.78 is 0. The Morgan fingerprint density at radius 2 is 2.33 bits per heavy atom. The first kappa shape index (κ1) is 9.59. The molecule has 2 aromatic rings. The van der Waals surface area contributed by atoms with Crippen LogP contribution in [0.3, 0.4) is 0 Å². The molecule has 78 valence electrons. The lowest BCUT2D eigenvalue weighted by Crippen LogP contribution is -2.26. The Morgan fingerprint density at radius 1 is 1.47 bits per heavy atom. The second-order valence-electron chi connectivity index (χ2n) is 2.69. The van der Waals surface area contributed by atoms with Crippen molar-refractivity contribution in [1.82, 2.24) is 20.2 Å². The van der Waals surface area contributed by atoms with Crippen LogP contribution in [0.4, 0.5) is 5.82 Å². The molecule has 0 saturated carbocycles. The molecule has 2 aromatic heterocycles. The Kier molecular flexibility index (Phi) is 2.59. The number of aromatic amines is 2. The number of H-pyrrole nitrogens is 2. The molecule has 8 heteroatoms. The van der Waals surface area contributed by atoms with Gasteiger partial charge in [-0.05, 0) is 0 Å². The van der Waals surface area contributed by atoms with Crippen LogP contribution in [-0.2, 0) is 6.54 Å². The summed E-state index contributed by atoms with van der Waals surface area (Å²) in [6.45, 7) is 0.394. The van der Waals surface area contributed by atoms with Crippen molar-refractivity contribution < 1.29 is 0 Å². The Balaban J connectivity index is 2.12. The minimum atomic E-state index is -0.626. The number of thiazole rings is 1. The summed E-state index contributed by atoms with van der Waals surface area (Å²) in [5.74, 6) is 0.0719. The number of nitrogens with zero attached hydrogens (tertiary/aromatic N) is 2. The molecule has 0 aliphatic rings. The van der Waals surface area contributed by atoms with Gasteiger partial charge in [-0.15, -0.1) is 16.4 Å². The number of anilines is 1. The zero-order valence-electron chi connectivity index (χ0n) is 7.48. The van der Waals surface area contributed by atoms with Gasteiger partial charge in [0.15, 0.2) is 0 Å². The molecule has 0 aliphatic heterocycles. The minimum Gasteiger partial charge on any atom is -0.358 e. The molecule has 2 rings (SSSR count). The van der Waals surface area contributed by atoms with Gasteiger partial charge >= 0.3 is 5.69 Å². The lowest BCUT2D eigenvalue weighted by molar-refractivity contribution is 0.879. The van der Waals surface area contributed by atoms with E-state index < -0.39 is 11.2 Å². The molecule has 15 heavy (non-hydrogen) atoms. The zero-order valence-corrected chi connectivity index (χ0v) is 8.30. The summed E-state index contributed by atoms with van der Waals surface area (Å²) in [5, 5.41) is 10.3. The van der Waals surface area contributed by atoms with Crippen molar-refractivity contribution in [3.63, 3.8) is 0 Å². The highest BCUT2D eigenvalue weighted by atomic mass is 32.1. The quantitative estimate of drug-likeness (QED) is 0.655. The molecular formula is C7H7N5O2S. The maximum Gasteiger partial charge on any atom is 0.342 e. The second kappa shape index (κ2) is 4.05. The fourth-order valence-electron chi connectivity index (χ4n) is 0.967. The standard InChI is InChI=1S/C7H7N5O2S/c13-6-5(11-12-7(14)10-6)8-1-4-2-15-3-9-4/h2-3H,1H2,(H,8,11)(H2,10,12,13,14). The molecule has 7 nitrogen and oxygen atoms in total. The number of aromatic nitrogens is 4. The normalized spacial score (nSPS) is 10.1. The third-order valence-electron chi connectivity index (χ3n) is 1.63. The lowest BCUT2D eigenvalue weighted by atomic mass is 10.5. The first-order chi connectivity index (χ1) is 7.25. The van der Waals surface area contributed by atoms with E-state index in [1.807, 2.05) is 5.38 Å². The maximum absolute atomic E-state index is 11.2. The van der Waals surface area contributed by atoms with E-state index in [-0.39, 0.29) is 5.82 Å². The molecule has 0 saturated heterocycles. The van der Waals surface area contributed by atoms with Crippen LogP contribution in [0.1, 0.15) is 5.69 Å². The van der Waals surface area contributed by atoms with Crippen molar-refractivity contribution in [1.29, 1.82) is 0 Å². The lowest BCUT2D eigenvalue weighted by Gasteiger charge is -1.99. The number of nitrogens with one attached hydrogen (secondary N) is 3. The summed E-state index contributed by atoms with van der Waals surface area (Å²) in [6.07, 6.45) is 0. The largest absolute Gasteiger partial charge is 0.358 e. The molecule has 0 fully saturated rings. The van der Waals surface area contributed by atoms with Gasteiger partial charge in [0.2, 0.25) is 5.82 Å². The Labute approximate surface area is 87.2 Å². The summed E-state index contributed by atoms with van der Waals surface area (Å²) in [4.78, 5) is 27.9. The zero-order chi connectivity index (χ0) is 10.7. The van der Waals surface area contributed by atoms with Gasteiger partial charge in [-0.25, -0.2) is 14.9 Å². The maximum atomic E-state index is 11.2. The summed E-state index contributed by atoms with van der Waals surface area (Å²) in [6, 6.07) is 0. The van der Waals surface area contributed by atoms with Crippen LogP contribution in [0.25, 0.3) is 0 Å². The monoisotopic (exact) mass is 225 g/mol. The van der Waals surface area contributed by atoms with Crippen LogP contribution < -0.4 is 16.6 Å². The summed E-state index contributed by atoms with van der Waals surface area (Å²) in [5.41, 5.74) is 1.34. The van der Waals surface area contributed by atoms with E-state index in [0.29, 0.717) is 6.54 Å². The molecule has 0 aliphatic carbocycles. The number of hydrogen-bond donors (Lipinski definition) is 3. The van der Waals surface area contributed by atoms with Crippen LogP contribution in [0.15, 0.2) is 20.5 Å². The molecule has 0 bridgehead atoms. The van der Waals surface area contributed by atoms with Gasteiger partial charge in [0.1, 0.15) is 0 Å². The highest BCUT2D eigenvalue weighted by Crippen LogP contribution is 2.01. The van der Waals surface area contributed by atoms with Crippen molar-refractivity contribution in [3.05, 3.63) is 37.4 Å². The highest BCUT2D eigenvalue weighted by molar-refractivity contribution is 7.07. The summed E-state index contributed by atoms with van der Waals surface area (Å²) in [7, 11) is 0. The number of rotatable bonds is 3. The van der Waals surface area contributed by atoms with Gasteiger partial charge in [-0.2, -0.15) is 0 Å². The first-order valence-electron chi connectivity index (χ1n) is 4.05. The predicted molar refractivity (Wildman–Crippen MR) is 54.9 cm³/mol. The Hall–Kier alpha value is -1.96. The fraction of sp³-hybridized carbons (Fsp3) is 0.143. The molecule has 0 radical (unpaired) electrons. The van der Waals surface area contributed by atoms with Crippen molar-refractivity contribution in [2.75, 3.05) is 5.32 Å². The van der Waals surface area contributed by atoms with E-state index in [1.54, 1.807) is 5.51 Å². The molecule has 2 heterocycles. The van der Waals surface area contributed by atoms with Crippen molar-refractivity contribution in [2.45, 2.75) is 6.54 Å². The molecule has 0 spiro atoms. The average molecular weight is 225 g/mol. The molecule has 0 amide bonds. The van der Waals surface area contributed by atoms with Crippen LogP contribution in [-0.4, -0.2) is 20.2 Å². The van der Waals surface area contributed by atoms with E-state index in [2.05, 4.69) is 25.5 Å². The van der Waals surface area contributed by atoms with Gasteiger partial charge in [-0.3, -0.25) is 9.78 Å². The minimum absolute atomic E-state index is 0.0719. The van der Waals surface area contributed by atoms with E-state index in [4.69, 9.17) is 0 Å². The third kappa shape index (κ3) is 2.29. The van der Waals surface area contributed by atoms with E-state index >= 15 is 0 Å². The number of hydrogen-bond acceptors (Lipinski definition) is 6. The SMILES string of the molecule is O=c1[nH]nc(NCc2cscn2)c(=O)[nH]1. The van der Waals surface area contributed by atoms with Crippen molar-refractivity contribution in [2.24, 2.45) is 0 Å². The van der Waals surface area contributed by atoms with E-state index in [1.165, 1.54) is 11.3 Å². The molecule has 0 unspecified atom stereocenters. The van der Waals surface area contributed by atoms with Crippen LogP contribution in [0, 0.1) is 0 Å². The fourth-order valence-corrected chi connectivity index (χ4v) is 1.53. The smallest absolute Gasteiger partial charge is 0.342 e. The Bertz CT molecular complexity index is 543. The Morgan fingerprint density at radius 3 is 3.00 bits per heavy atom. The predicted octanol–water partition coefficient (Wildman–Crippen LogP) is -0.473. The second-order valence-corrected chi connectivity index (χ2v) is 3.41. The highest BCUT2D eigenvalue weighted by Gasteiger charge is 2.01. The molecule has 3 N–H and O–H groups in total. The van der Waals surface area contributed by atoms with Gasteiger partial charge in [0.05, 0.1) is 17.7 Å². The molecule has 0 aromatic carbocycles. The molecule has 0 atom stereocenters. The summed E-state index contributed by atoms with van der Waals surface area (Å²) >= 11 is 1.47. The van der Waals surface area contributed by atoms with Gasteiger partial charge < -0.3 is 5.32 Å². The topological polar surface area (TPSA) is 104 Å². The van der Waals surface area contributed by atoms with Gasteiger partial charge in [0, 0.05) is 5.38 Å². The van der Waals surface area contributed by atoms with Crippen LogP contribution >= 0.6 is 11.3 Å².